The lowest BCUT2D eigenvalue weighted by molar-refractivity contribution is -0.159. The molecular formula is C20H22FNO6. The first-order valence-electron chi connectivity index (χ1n) is 8.49. The van der Waals surface area contributed by atoms with E-state index in [1.165, 1.54) is 52.3 Å². The summed E-state index contributed by atoms with van der Waals surface area (Å²) < 4.78 is 33.7. The second-order valence-electron chi connectivity index (χ2n) is 5.85. The number of amides is 1. The second kappa shape index (κ2) is 9.59. The fourth-order valence-electron chi connectivity index (χ4n) is 2.25. The molecule has 2 rings (SSSR count). The van der Waals surface area contributed by atoms with Crippen LogP contribution in [0.1, 0.15) is 13.8 Å². The largest absolute Gasteiger partial charge is 0.493 e. The van der Waals surface area contributed by atoms with E-state index in [-0.39, 0.29) is 0 Å². The quantitative estimate of drug-likeness (QED) is 0.696. The summed E-state index contributed by atoms with van der Waals surface area (Å²) in [5.74, 6) is -0.372. The van der Waals surface area contributed by atoms with Crippen LogP contribution in [-0.4, -0.2) is 38.3 Å². The Bertz CT molecular complexity index is 824. The molecule has 0 heterocycles. The predicted molar refractivity (Wildman–Crippen MR) is 100 cm³/mol. The maximum absolute atomic E-state index is 12.9. The Morgan fingerprint density at radius 1 is 0.929 bits per heavy atom. The van der Waals surface area contributed by atoms with Crippen LogP contribution in [0, 0.1) is 5.82 Å². The molecule has 1 amide bonds. The van der Waals surface area contributed by atoms with Crippen LogP contribution < -0.4 is 19.5 Å². The van der Waals surface area contributed by atoms with E-state index in [0.29, 0.717) is 22.9 Å². The van der Waals surface area contributed by atoms with Gasteiger partial charge in [0.1, 0.15) is 11.6 Å². The van der Waals surface area contributed by atoms with Crippen molar-refractivity contribution in [3.05, 3.63) is 48.3 Å². The van der Waals surface area contributed by atoms with Gasteiger partial charge in [-0.1, -0.05) is 0 Å². The van der Waals surface area contributed by atoms with Gasteiger partial charge in [0, 0.05) is 11.8 Å². The van der Waals surface area contributed by atoms with Crippen molar-refractivity contribution in [1.29, 1.82) is 0 Å². The number of anilines is 1. The van der Waals surface area contributed by atoms with Gasteiger partial charge in [0.15, 0.2) is 23.7 Å². The Labute approximate surface area is 162 Å². The number of carbonyl (C=O) groups is 2. The molecule has 150 valence electrons. The van der Waals surface area contributed by atoms with Gasteiger partial charge in [-0.05, 0) is 50.2 Å². The first-order valence-corrected chi connectivity index (χ1v) is 8.49. The third-order valence-corrected chi connectivity index (χ3v) is 3.77. The number of methoxy groups -OCH3 is 2. The molecule has 0 radical (unpaired) electrons. The zero-order chi connectivity index (χ0) is 20.7. The average Bonchev–Trinajstić information content (AvgIpc) is 2.69. The lowest BCUT2D eigenvalue weighted by Crippen LogP contribution is -2.35. The molecule has 0 saturated carbocycles. The summed E-state index contributed by atoms with van der Waals surface area (Å²) in [7, 11) is 2.99. The third-order valence-electron chi connectivity index (χ3n) is 3.77. The van der Waals surface area contributed by atoms with Crippen molar-refractivity contribution in [3.63, 3.8) is 0 Å². The topological polar surface area (TPSA) is 83.1 Å². The molecule has 0 bridgehead atoms. The molecule has 28 heavy (non-hydrogen) atoms. The zero-order valence-corrected chi connectivity index (χ0v) is 16.0. The Kier molecular flexibility index (Phi) is 7.20. The van der Waals surface area contributed by atoms with Crippen molar-refractivity contribution in [3.8, 4) is 17.2 Å². The van der Waals surface area contributed by atoms with Gasteiger partial charge in [0.25, 0.3) is 5.91 Å². The van der Waals surface area contributed by atoms with Crippen LogP contribution in [0.5, 0.6) is 17.2 Å². The van der Waals surface area contributed by atoms with E-state index in [0.717, 1.165) is 0 Å². The molecule has 0 saturated heterocycles. The minimum Gasteiger partial charge on any atom is -0.493 e. The molecule has 0 aliphatic heterocycles. The number of esters is 1. The molecule has 0 spiro atoms. The lowest BCUT2D eigenvalue weighted by Gasteiger charge is -2.18. The van der Waals surface area contributed by atoms with Crippen LogP contribution in [0.25, 0.3) is 0 Å². The van der Waals surface area contributed by atoms with E-state index in [2.05, 4.69) is 5.32 Å². The van der Waals surface area contributed by atoms with E-state index in [1.54, 1.807) is 18.2 Å². The molecule has 0 aromatic heterocycles. The van der Waals surface area contributed by atoms with Gasteiger partial charge in [-0.15, -0.1) is 0 Å². The number of ether oxygens (including phenoxy) is 4. The van der Waals surface area contributed by atoms with E-state index >= 15 is 0 Å². The first kappa shape index (κ1) is 21.0. The number of hydrogen-bond acceptors (Lipinski definition) is 6. The van der Waals surface area contributed by atoms with Crippen molar-refractivity contribution < 1.29 is 32.9 Å². The molecule has 1 N–H and O–H groups in total. The molecule has 0 unspecified atom stereocenters. The highest BCUT2D eigenvalue weighted by Crippen LogP contribution is 2.29. The Morgan fingerprint density at radius 2 is 1.57 bits per heavy atom. The molecule has 0 fully saturated rings. The van der Waals surface area contributed by atoms with Gasteiger partial charge in [-0.25, -0.2) is 9.18 Å². The van der Waals surface area contributed by atoms with E-state index in [1.807, 2.05) is 0 Å². The van der Waals surface area contributed by atoms with Crippen LogP contribution >= 0.6 is 0 Å². The van der Waals surface area contributed by atoms with Crippen LogP contribution in [0.4, 0.5) is 10.1 Å². The second-order valence-corrected chi connectivity index (χ2v) is 5.85. The van der Waals surface area contributed by atoms with Crippen LogP contribution in [-0.2, 0) is 14.3 Å². The van der Waals surface area contributed by atoms with Gasteiger partial charge >= 0.3 is 5.97 Å². The molecule has 2 aromatic carbocycles. The molecular weight excluding hydrogens is 369 g/mol. The smallest absolute Gasteiger partial charge is 0.347 e. The average molecular weight is 391 g/mol. The Morgan fingerprint density at radius 3 is 2.18 bits per heavy atom. The number of nitrogens with one attached hydrogen (secondary N) is 1. The number of rotatable bonds is 8. The van der Waals surface area contributed by atoms with Crippen LogP contribution in [0.15, 0.2) is 42.5 Å². The normalized spacial score (nSPS) is 12.5. The van der Waals surface area contributed by atoms with Gasteiger partial charge < -0.3 is 24.3 Å². The summed E-state index contributed by atoms with van der Waals surface area (Å²) in [5.41, 5.74) is 0.459. The number of halogens is 1. The van der Waals surface area contributed by atoms with Gasteiger partial charge in [0.2, 0.25) is 0 Å². The first-order chi connectivity index (χ1) is 13.3. The Balaban J connectivity index is 1.92. The maximum atomic E-state index is 12.9. The summed E-state index contributed by atoms with van der Waals surface area (Å²) in [5, 5.41) is 2.63. The maximum Gasteiger partial charge on any atom is 0.347 e. The van der Waals surface area contributed by atoms with Crippen molar-refractivity contribution in [2.24, 2.45) is 0 Å². The van der Waals surface area contributed by atoms with E-state index in [4.69, 9.17) is 18.9 Å². The summed E-state index contributed by atoms with van der Waals surface area (Å²) >= 11 is 0. The van der Waals surface area contributed by atoms with Crippen molar-refractivity contribution in [2.45, 2.75) is 26.1 Å². The molecule has 0 aliphatic carbocycles. The minimum absolute atomic E-state index is 0.313. The van der Waals surface area contributed by atoms with Crippen molar-refractivity contribution in [2.75, 3.05) is 19.5 Å². The molecule has 8 heteroatoms. The molecule has 2 aromatic rings. The minimum atomic E-state index is -1.06. The predicted octanol–water partition coefficient (Wildman–Crippen LogP) is 3.18. The van der Waals surface area contributed by atoms with E-state index in [9.17, 15) is 14.0 Å². The van der Waals surface area contributed by atoms with Gasteiger partial charge in [-0.3, -0.25) is 4.79 Å². The van der Waals surface area contributed by atoms with E-state index < -0.39 is 29.9 Å². The van der Waals surface area contributed by atoms with Crippen LogP contribution in [0.3, 0.4) is 0 Å². The Hall–Kier alpha value is -3.29. The number of carbonyl (C=O) groups excluding carboxylic acids is 2. The highest BCUT2D eigenvalue weighted by Gasteiger charge is 2.23. The van der Waals surface area contributed by atoms with Crippen LogP contribution in [0.2, 0.25) is 0 Å². The zero-order valence-electron chi connectivity index (χ0n) is 16.0. The monoisotopic (exact) mass is 391 g/mol. The number of benzene rings is 2. The fourth-order valence-corrected chi connectivity index (χ4v) is 2.25. The lowest BCUT2D eigenvalue weighted by atomic mass is 10.2. The molecule has 7 nitrogen and oxygen atoms in total. The van der Waals surface area contributed by atoms with Crippen molar-refractivity contribution >= 4 is 17.6 Å². The summed E-state index contributed by atoms with van der Waals surface area (Å²) in [4.78, 5) is 24.4. The SMILES string of the molecule is COc1ccc(NC(=O)[C@H](C)OC(=O)[C@H](C)Oc2ccc(F)cc2)cc1OC. The number of hydrogen-bond donors (Lipinski definition) is 1. The third kappa shape index (κ3) is 5.60. The summed E-state index contributed by atoms with van der Waals surface area (Å²) in [6, 6.07) is 10.1. The molecule has 0 aliphatic rings. The standard InChI is InChI=1S/C20H22FNO6/c1-12(19(23)22-15-7-10-17(25-3)18(11-15)26-4)28-20(24)13(2)27-16-8-5-14(21)6-9-16/h5-13H,1-4H3,(H,22,23)/t12-,13-/m0/s1. The highest BCUT2D eigenvalue weighted by atomic mass is 19.1. The van der Waals surface area contributed by atoms with Crippen molar-refractivity contribution in [1.82, 2.24) is 0 Å². The highest BCUT2D eigenvalue weighted by molar-refractivity contribution is 5.95. The summed E-state index contributed by atoms with van der Waals surface area (Å²) in [6.45, 7) is 2.92. The van der Waals surface area contributed by atoms with Gasteiger partial charge in [-0.2, -0.15) is 0 Å². The molecule has 2 atom stereocenters. The fraction of sp³-hybridized carbons (Fsp3) is 0.300. The van der Waals surface area contributed by atoms with Gasteiger partial charge in [0.05, 0.1) is 14.2 Å². The summed E-state index contributed by atoms with van der Waals surface area (Å²) in [6.07, 6.45) is -2.03.